The lowest BCUT2D eigenvalue weighted by atomic mass is 9.67. The number of nitrogens with zero attached hydrogens (tertiary/aromatic N) is 1. The number of hydrogen-bond acceptors (Lipinski definition) is 1. The Kier molecular flexibility index (Phi) is 8.47. The monoisotopic (exact) mass is 787 g/mol. The summed E-state index contributed by atoms with van der Waals surface area (Å²) in [5, 5.41) is 7.43. The molecule has 0 radical (unpaired) electrons. The molecule has 290 valence electrons. The van der Waals surface area contributed by atoms with Gasteiger partial charge >= 0.3 is 0 Å². The van der Waals surface area contributed by atoms with E-state index in [2.05, 4.69) is 254 Å². The Hall–Kier alpha value is -8.00. The molecule has 0 fully saturated rings. The Bertz CT molecular complexity index is 3430. The number of benzene rings is 11. The summed E-state index contributed by atoms with van der Waals surface area (Å²) in [7, 11) is 0. The molecule has 11 aromatic carbocycles. The quantitative estimate of drug-likeness (QED) is 0.145. The van der Waals surface area contributed by atoms with Crippen LogP contribution in [0, 0.1) is 0 Å². The molecule has 0 unspecified atom stereocenters. The van der Waals surface area contributed by atoms with Crippen molar-refractivity contribution in [3.05, 3.63) is 271 Å². The largest absolute Gasteiger partial charge is 0.309 e. The maximum atomic E-state index is 2.53. The molecule has 0 saturated carbocycles. The summed E-state index contributed by atoms with van der Waals surface area (Å²) in [6.07, 6.45) is 0. The van der Waals surface area contributed by atoms with Crippen LogP contribution < -0.4 is 4.90 Å². The lowest BCUT2D eigenvalue weighted by molar-refractivity contribution is 0.768. The van der Waals surface area contributed by atoms with E-state index in [0.717, 1.165) is 17.1 Å². The first-order valence-corrected chi connectivity index (χ1v) is 21.5. The van der Waals surface area contributed by atoms with Crippen LogP contribution in [-0.2, 0) is 5.41 Å². The third-order valence-electron chi connectivity index (χ3n) is 13.1. The highest BCUT2D eigenvalue weighted by molar-refractivity contribution is 6.15. The zero-order valence-electron chi connectivity index (χ0n) is 34.1. The van der Waals surface area contributed by atoms with Gasteiger partial charge in [0, 0.05) is 16.8 Å². The second-order valence-electron chi connectivity index (χ2n) is 16.3. The molecule has 12 rings (SSSR count). The molecule has 0 N–H and O–H groups in total. The Morgan fingerprint density at radius 2 is 0.742 bits per heavy atom. The molecule has 0 aliphatic heterocycles. The molecule has 0 heterocycles. The van der Waals surface area contributed by atoms with Gasteiger partial charge in [-0.15, -0.1) is 0 Å². The number of fused-ring (bicyclic) bond motifs is 7. The smallest absolute Gasteiger partial charge is 0.0714 e. The topological polar surface area (TPSA) is 3.24 Å². The van der Waals surface area contributed by atoms with Gasteiger partial charge < -0.3 is 4.90 Å². The van der Waals surface area contributed by atoms with Crippen LogP contribution in [0.15, 0.2) is 249 Å². The van der Waals surface area contributed by atoms with E-state index < -0.39 is 5.41 Å². The standard InChI is InChI=1S/C61H41N/c1-3-23-44(24-4-1)61(45-25-5-2-6-26-45)57-35-16-13-31-52(57)53-39-38-46(41-58(53)61)62(59-36-17-14-32-54(59)50-34-19-22-42-20-7-9-27-47(42)50)60-37-18-15-33-55(60)56-40-43-21-8-10-28-48(43)49-29-11-12-30-51(49)56/h1-41H. The highest BCUT2D eigenvalue weighted by Crippen LogP contribution is 2.58. The van der Waals surface area contributed by atoms with E-state index in [4.69, 9.17) is 0 Å². The second kappa shape index (κ2) is 14.6. The van der Waals surface area contributed by atoms with Crippen LogP contribution in [0.3, 0.4) is 0 Å². The van der Waals surface area contributed by atoms with Gasteiger partial charge in [0.25, 0.3) is 0 Å². The average Bonchev–Trinajstić information content (AvgIpc) is 3.65. The first-order valence-electron chi connectivity index (χ1n) is 21.5. The number of hydrogen-bond donors (Lipinski definition) is 0. The highest BCUT2D eigenvalue weighted by Gasteiger charge is 2.46. The van der Waals surface area contributed by atoms with Gasteiger partial charge in [-0.2, -0.15) is 0 Å². The van der Waals surface area contributed by atoms with Crippen molar-refractivity contribution in [3.63, 3.8) is 0 Å². The molecule has 1 nitrogen and oxygen atoms in total. The minimum absolute atomic E-state index is 0.542. The molecule has 0 saturated heterocycles. The third kappa shape index (κ3) is 5.49. The van der Waals surface area contributed by atoms with Crippen LogP contribution >= 0.6 is 0 Å². The molecule has 0 spiro atoms. The van der Waals surface area contributed by atoms with Crippen LogP contribution in [-0.4, -0.2) is 0 Å². The summed E-state index contributed by atoms with van der Waals surface area (Å²) in [5.41, 5.74) is 15.1. The summed E-state index contributed by atoms with van der Waals surface area (Å²) in [6, 6.07) is 91.8. The van der Waals surface area contributed by atoms with Crippen LogP contribution in [0.25, 0.3) is 65.7 Å². The van der Waals surface area contributed by atoms with E-state index in [1.165, 1.54) is 88.0 Å². The van der Waals surface area contributed by atoms with Gasteiger partial charge in [0.15, 0.2) is 0 Å². The molecule has 1 aliphatic carbocycles. The summed E-state index contributed by atoms with van der Waals surface area (Å²) in [5.74, 6) is 0. The predicted molar refractivity (Wildman–Crippen MR) is 262 cm³/mol. The zero-order valence-corrected chi connectivity index (χ0v) is 34.1. The van der Waals surface area contributed by atoms with E-state index in [-0.39, 0.29) is 0 Å². The molecule has 0 amide bonds. The van der Waals surface area contributed by atoms with E-state index in [9.17, 15) is 0 Å². The molecule has 0 atom stereocenters. The molecule has 1 aliphatic rings. The molecule has 1 heteroatoms. The maximum absolute atomic E-state index is 2.53. The van der Waals surface area contributed by atoms with Gasteiger partial charge in [0.2, 0.25) is 0 Å². The first kappa shape index (κ1) is 35.9. The Morgan fingerprint density at radius 1 is 0.258 bits per heavy atom. The highest BCUT2D eigenvalue weighted by atomic mass is 15.1. The summed E-state index contributed by atoms with van der Waals surface area (Å²) in [6.45, 7) is 0. The summed E-state index contributed by atoms with van der Waals surface area (Å²) >= 11 is 0. The van der Waals surface area contributed by atoms with E-state index in [0.29, 0.717) is 0 Å². The van der Waals surface area contributed by atoms with Crippen LogP contribution in [0.4, 0.5) is 17.1 Å². The second-order valence-corrected chi connectivity index (χ2v) is 16.3. The zero-order chi connectivity index (χ0) is 41.0. The van der Waals surface area contributed by atoms with E-state index in [1.54, 1.807) is 0 Å². The maximum Gasteiger partial charge on any atom is 0.0714 e. The first-order chi connectivity index (χ1) is 30.8. The SMILES string of the molecule is c1ccc(C2(c3ccccc3)c3ccccc3-c3ccc(N(c4ccccc4-c4cccc5ccccc45)c4ccccc4-c4cc5ccccc5c5ccccc45)cc32)cc1. The minimum Gasteiger partial charge on any atom is -0.309 e. The van der Waals surface area contributed by atoms with E-state index in [1.807, 2.05) is 0 Å². The van der Waals surface area contributed by atoms with Crippen molar-refractivity contribution >= 4 is 49.4 Å². The average molecular weight is 788 g/mol. The third-order valence-corrected chi connectivity index (χ3v) is 13.1. The summed E-state index contributed by atoms with van der Waals surface area (Å²) < 4.78 is 0. The lowest BCUT2D eigenvalue weighted by Gasteiger charge is -2.35. The number of rotatable bonds is 7. The fraction of sp³-hybridized carbons (Fsp3) is 0.0164. The van der Waals surface area contributed by atoms with Crippen LogP contribution in [0.2, 0.25) is 0 Å². The normalized spacial score (nSPS) is 12.6. The van der Waals surface area contributed by atoms with Crippen molar-refractivity contribution < 1.29 is 0 Å². The molecule has 0 bridgehead atoms. The predicted octanol–water partition coefficient (Wildman–Crippen LogP) is 16.3. The van der Waals surface area contributed by atoms with Crippen molar-refractivity contribution in [1.29, 1.82) is 0 Å². The fourth-order valence-corrected chi connectivity index (χ4v) is 10.5. The van der Waals surface area contributed by atoms with Crippen molar-refractivity contribution in [2.24, 2.45) is 0 Å². The van der Waals surface area contributed by atoms with Crippen LogP contribution in [0.5, 0.6) is 0 Å². The van der Waals surface area contributed by atoms with Crippen LogP contribution in [0.1, 0.15) is 22.3 Å². The molecule has 62 heavy (non-hydrogen) atoms. The van der Waals surface area contributed by atoms with Gasteiger partial charge in [0.05, 0.1) is 16.8 Å². The van der Waals surface area contributed by atoms with Gasteiger partial charge in [-0.3, -0.25) is 0 Å². The Labute approximate surface area is 362 Å². The summed E-state index contributed by atoms with van der Waals surface area (Å²) in [4.78, 5) is 2.53. The minimum atomic E-state index is -0.542. The van der Waals surface area contributed by atoms with Gasteiger partial charge in [-0.1, -0.05) is 218 Å². The van der Waals surface area contributed by atoms with Crippen molar-refractivity contribution in [2.75, 3.05) is 4.90 Å². The molecular weight excluding hydrogens is 747 g/mol. The fourth-order valence-electron chi connectivity index (χ4n) is 10.5. The molecular formula is C61H41N. The van der Waals surface area contributed by atoms with Gasteiger partial charge in [0.1, 0.15) is 0 Å². The molecule has 0 aromatic heterocycles. The van der Waals surface area contributed by atoms with E-state index >= 15 is 0 Å². The molecule has 11 aromatic rings. The van der Waals surface area contributed by atoms with Crippen molar-refractivity contribution in [2.45, 2.75) is 5.41 Å². The number of para-hydroxylation sites is 2. The van der Waals surface area contributed by atoms with Crippen molar-refractivity contribution in [3.8, 4) is 33.4 Å². The Balaban J connectivity index is 1.18. The van der Waals surface area contributed by atoms with Gasteiger partial charge in [-0.25, -0.2) is 0 Å². The van der Waals surface area contributed by atoms with Crippen molar-refractivity contribution in [1.82, 2.24) is 0 Å². The number of anilines is 3. The van der Waals surface area contributed by atoms with Gasteiger partial charge in [-0.05, 0) is 107 Å². The Morgan fingerprint density at radius 3 is 1.45 bits per heavy atom. The lowest BCUT2D eigenvalue weighted by Crippen LogP contribution is -2.28.